The molecular weight excluding hydrogens is 681 g/mol. The smallest absolute Gasteiger partial charge is 0.459 e. The predicted octanol–water partition coefficient (Wildman–Crippen LogP) is 9.54. The zero-order valence-electron chi connectivity index (χ0n) is 24.0. The summed E-state index contributed by atoms with van der Waals surface area (Å²) in [5.41, 5.74) is 6.46. The van der Waals surface area contributed by atoms with Gasteiger partial charge in [0.25, 0.3) is 0 Å². The highest BCUT2D eigenvalue weighted by molar-refractivity contribution is 9.09. The van der Waals surface area contributed by atoms with Gasteiger partial charge in [0.2, 0.25) is 0 Å². The zero-order valence-corrected chi connectivity index (χ0v) is 26.4. The first-order valence-corrected chi connectivity index (χ1v) is 16.5. The molecule has 1 N–H and O–H groups in total. The molecule has 6 aromatic rings. The number of benzene rings is 6. The van der Waals surface area contributed by atoms with Crippen LogP contribution in [0.25, 0.3) is 54.9 Å². The minimum Gasteiger partial charge on any atom is -0.459 e. The van der Waals surface area contributed by atoms with Gasteiger partial charge in [0.1, 0.15) is 12.4 Å². The largest absolute Gasteiger partial charge is 0.465 e. The van der Waals surface area contributed by atoms with Crippen LogP contribution in [0.2, 0.25) is 0 Å². The van der Waals surface area contributed by atoms with Gasteiger partial charge in [-0.15, -0.1) is 0 Å². The van der Waals surface area contributed by atoms with E-state index in [0.717, 1.165) is 44.2 Å². The molecule has 0 bridgehead atoms. The van der Waals surface area contributed by atoms with Crippen LogP contribution in [0.5, 0.6) is 0 Å². The van der Waals surface area contributed by atoms with Crippen molar-refractivity contribution in [3.05, 3.63) is 133 Å². The highest BCUT2D eigenvalue weighted by atomic mass is 79.9. The number of ether oxygens (including phenoxy) is 1. The molecule has 0 aliphatic heterocycles. The van der Waals surface area contributed by atoms with E-state index in [1.54, 1.807) is 12.1 Å². The molecule has 5 nitrogen and oxygen atoms in total. The fraction of sp³-hybridized carbons (Fsp3) is 0.0833. The average Bonchev–Trinajstić information content (AvgIpc) is 3.06. The molecule has 6 rings (SSSR count). The lowest BCUT2D eigenvalue weighted by molar-refractivity contribution is -0.160. The van der Waals surface area contributed by atoms with Gasteiger partial charge in [-0.25, -0.2) is 9.18 Å². The Bertz CT molecular complexity index is 2120. The molecule has 0 aliphatic rings. The number of esters is 1. The average molecular weight is 708 g/mol. The summed E-state index contributed by atoms with van der Waals surface area (Å²) in [5, 5.41) is -0.185. The molecule has 0 amide bonds. The molecule has 46 heavy (non-hydrogen) atoms. The standard InChI is InChI=1S/C32H21F.C4H5BrF2O5S/c33-28-17-9-16-26(19-28)32-30-20-25-15-8-7-14-24(25)18-27(30)21-29(22-10-3-1-4-11-22)31(32)23-12-5-2-6-13-23;5-1-2-12-3(8)4(6,7)13(9,10)11/h1-21H;1-2H2,(H,9,10,11). The molecule has 0 saturated carbocycles. The summed E-state index contributed by atoms with van der Waals surface area (Å²) in [4.78, 5) is 10.3. The second-order valence-corrected chi connectivity index (χ2v) is 12.4. The SMILES string of the molecule is Fc1cccc(-c2c(-c3ccccc3)c(-c3ccccc3)cc3cc4ccccc4cc23)c1.O=C(OCCBr)C(F)(F)S(=O)(=O)O. The van der Waals surface area contributed by atoms with E-state index in [4.69, 9.17) is 4.55 Å². The van der Waals surface area contributed by atoms with Crippen molar-refractivity contribution >= 4 is 53.6 Å². The molecular formula is C36H26BrF3O5S. The minimum atomic E-state index is -5.76. The molecule has 0 unspecified atom stereocenters. The number of hydrogen-bond acceptors (Lipinski definition) is 4. The first-order chi connectivity index (χ1) is 22.0. The third-order valence-electron chi connectivity index (χ3n) is 7.14. The summed E-state index contributed by atoms with van der Waals surface area (Å²) in [7, 11) is -5.76. The van der Waals surface area contributed by atoms with Gasteiger partial charge in [0.15, 0.2) is 0 Å². The maximum Gasteiger partial charge on any atom is 0.465 e. The first-order valence-electron chi connectivity index (χ1n) is 14.0. The van der Waals surface area contributed by atoms with Gasteiger partial charge in [-0.05, 0) is 85.3 Å². The van der Waals surface area contributed by atoms with E-state index in [1.165, 1.54) is 16.8 Å². The van der Waals surface area contributed by atoms with E-state index in [-0.39, 0.29) is 11.1 Å². The third-order valence-corrected chi connectivity index (χ3v) is 8.28. The van der Waals surface area contributed by atoms with Crippen LogP contribution in [0.15, 0.2) is 127 Å². The van der Waals surface area contributed by atoms with Crippen molar-refractivity contribution in [1.82, 2.24) is 0 Å². The van der Waals surface area contributed by atoms with Crippen molar-refractivity contribution < 1.29 is 35.7 Å². The molecule has 234 valence electrons. The molecule has 6 aromatic carbocycles. The van der Waals surface area contributed by atoms with Crippen LogP contribution >= 0.6 is 15.9 Å². The summed E-state index contributed by atoms with van der Waals surface area (Å²) < 4.78 is 70.7. The van der Waals surface area contributed by atoms with E-state index >= 15 is 0 Å². The Balaban J connectivity index is 0.000000274. The van der Waals surface area contributed by atoms with Crippen molar-refractivity contribution in [3.8, 4) is 33.4 Å². The molecule has 0 aliphatic carbocycles. The Morgan fingerprint density at radius 2 is 1.26 bits per heavy atom. The van der Waals surface area contributed by atoms with Crippen molar-refractivity contribution in [3.63, 3.8) is 0 Å². The Morgan fingerprint density at radius 3 is 1.85 bits per heavy atom. The topological polar surface area (TPSA) is 80.7 Å². The number of carbonyl (C=O) groups is 1. The second kappa shape index (κ2) is 13.9. The number of fused-ring (bicyclic) bond motifs is 2. The van der Waals surface area contributed by atoms with Gasteiger partial charge in [0.05, 0.1) is 0 Å². The molecule has 0 radical (unpaired) electrons. The second-order valence-electron chi connectivity index (χ2n) is 10.2. The molecule has 10 heteroatoms. The number of alkyl halides is 3. The minimum absolute atomic E-state index is 0.0836. The highest BCUT2D eigenvalue weighted by Crippen LogP contribution is 2.45. The van der Waals surface area contributed by atoms with Crippen molar-refractivity contribution in [2.24, 2.45) is 0 Å². The van der Waals surface area contributed by atoms with Crippen molar-refractivity contribution in [1.29, 1.82) is 0 Å². The van der Waals surface area contributed by atoms with Crippen LogP contribution in [-0.4, -0.2) is 36.1 Å². The van der Waals surface area contributed by atoms with Crippen LogP contribution in [0.4, 0.5) is 13.2 Å². The Kier molecular flexibility index (Phi) is 9.91. The molecule has 0 fully saturated rings. The first kappa shape index (κ1) is 32.9. The fourth-order valence-corrected chi connectivity index (χ4v) is 5.54. The van der Waals surface area contributed by atoms with Crippen LogP contribution in [-0.2, 0) is 19.6 Å². The van der Waals surface area contributed by atoms with Gasteiger partial charge in [0, 0.05) is 5.33 Å². The third kappa shape index (κ3) is 6.99. The maximum absolute atomic E-state index is 14.5. The maximum atomic E-state index is 14.5. The molecule has 0 saturated heterocycles. The Morgan fingerprint density at radius 1 is 0.696 bits per heavy atom. The molecule has 0 atom stereocenters. The summed E-state index contributed by atoms with van der Waals surface area (Å²) in [6, 6.07) is 43.0. The normalized spacial score (nSPS) is 11.6. The Hall–Kier alpha value is -4.51. The Labute approximate surface area is 272 Å². The number of rotatable bonds is 7. The van der Waals surface area contributed by atoms with E-state index in [2.05, 4.69) is 112 Å². The van der Waals surface area contributed by atoms with Gasteiger partial charge in [-0.3, -0.25) is 4.55 Å². The molecule has 0 aromatic heterocycles. The fourth-order valence-electron chi connectivity index (χ4n) is 5.11. The van der Waals surface area contributed by atoms with Gasteiger partial charge in [-0.2, -0.15) is 17.2 Å². The van der Waals surface area contributed by atoms with E-state index in [0.29, 0.717) is 0 Å². The van der Waals surface area contributed by atoms with E-state index in [9.17, 15) is 26.4 Å². The van der Waals surface area contributed by atoms with Gasteiger partial charge in [-0.1, -0.05) is 113 Å². The molecule has 0 heterocycles. The predicted molar refractivity (Wildman–Crippen MR) is 179 cm³/mol. The van der Waals surface area contributed by atoms with Crippen LogP contribution in [0.1, 0.15) is 0 Å². The highest BCUT2D eigenvalue weighted by Gasteiger charge is 2.54. The number of hydrogen-bond donors (Lipinski definition) is 1. The van der Waals surface area contributed by atoms with E-state index < -0.39 is 27.9 Å². The molecule has 0 spiro atoms. The van der Waals surface area contributed by atoms with Crippen molar-refractivity contribution in [2.75, 3.05) is 11.9 Å². The lowest BCUT2D eigenvalue weighted by Gasteiger charge is -2.20. The summed E-state index contributed by atoms with van der Waals surface area (Å²) in [6.45, 7) is -0.413. The summed E-state index contributed by atoms with van der Waals surface area (Å²) in [5.74, 6) is -2.53. The van der Waals surface area contributed by atoms with Crippen molar-refractivity contribution in [2.45, 2.75) is 5.25 Å². The number of carbonyl (C=O) groups excluding carboxylic acids is 1. The van der Waals surface area contributed by atoms with Gasteiger partial charge < -0.3 is 4.74 Å². The zero-order chi connectivity index (χ0) is 32.9. The van der Waals surface area contributed by atoms with Crippen LogP contribution in [0.3, 0.4) is 0 Å². The summed E-state index contributed by atoms with van der Waals surface area (Å²) >= 11 is 2.76. The lowest BCUT2D eigenvalue weighted by Crippen LogP contribution is -2.39. The van der Waals surface area contributed by atoms with Crippen LogP contribution < -0.4 is 0 Å². The summed E-state index contributed by atoms with van der Waals surface area (Å²) in [6.07, 6.45) is 0. The van der Waals surface area contributed by atoms with Crippen LogP contribution in [0, 0.1) is 5.82 Å². The monoisotopic (exact) mass is 706 g/mol. The van der Waals surface area contributed by atoms with Gasteiger partial charge >= 0.3 is 21.3 Å². The quantitative estimate of drug-likeness (QED) is 0.0774. The number of halogens is 4. The lowest BCUT2D eigenvalue weighted by atomic mass is 9.83. The van der Waals surface area contributed by atoms with E-state index in [1.807, 2.05) is 18.2 Å².